The Morgan fingerprint density at radius 1 is 0.733 bits per heavy atom. The van der Waals surface area contributed by atoms with E-state index in [1.165, 1.54) is 72.8 Å². The molecule has 0 bridgehead atoms. The number of carbonyl (C=O) groups excluding carboxylic acids is 1. The van der Waals surface area contributed by atoms with Crippen LogP contribution in [0.5, 0.6) is 0 Å². The molecule has 0 atom stereocenters. The van der Waals surface area contributed by atoms with E-state index >= 15 is 0 Å². The Hall–Kier alpha value is -2.88. The monoisotopic (exact) mass is 464 g/mol. The van der Waals surface area contributed by atoms with Crippen LogP contribution in [0.1, 0.15) is 10.4 Å². The number of hydrogen-bond acceptors (Lipinski definition) is 5. The summed E-state index contributed by atoms with van der Waals surface area (Å²) in [5.41, 5.74) is 1.02. The summed E-state index contributed by atoms with van der Waals surface area (Å²) in [6, 6.07) is 17.4. The topological polar surface area (TPSA) is 109 Å². The van der Waals surface area contributed by atoms with E-state index in [0.29, 0.717) is 22.0 Å². The third kappa shape index (κ3) is 5.38. The van der Waals surface area contributed by atoms with Crippen LogP contribution in [0.4, 0.5) is 11.4 Å². The highest BCUT2D eigenvalue weighted by Crippen LogP contribution is 2.20. The smallest absolute Gasteiger partial charge is 0.261 e. The van der Waals surface area contributed by atoms with Crippen molar-refractivity contribution in [1.82, 2.24) is 0 Å². The van der Waals surface area contributed by atoms with Gasteiger partial charge in [-0.2, -0.15) is 0 Å². The van der Waals surface area contributed by atoms with Crippen molar-refractivity contribution in [2.24, 2.45) is 0 Å². The van der Waals surface area contributed by atoms with Crippen LogP contribution in [0.2, 0.25) is 5.02 Å². The molecule has 1 amide bonds. The summed E-state index contributed by atoms with van der Waals surface area (Å²) >= 11 is 5.77. The quantitative estimate of drug-likeness (QED) is 0.576. The molecule has 0 saturated carbocycles. The zero-order valence-corrected chi connectivity index (χ0v) is 18.1. The van der Waals surface area contributed by atoms with Gasteiger partial charge < -0.3 is 5.32 Å². The van der Waals surface area contributed by atoms with Crippen molar-refractivity contribution in [1.29, 1.82) is 0 Å². The van der Waals surface area contributed by atoms with Gasteiger partial charge in [-0.1, -0.05) is 11.6 Å². The molecule has 0 spiro atoms. The van der Waals surface area contributed by atoms with Crippen molar-refractivity contribution in [2.45, 2.75) is 9.79 Å². The molecule has 10 heteroatoms. The van der Waals surface area contributed by atoms with Gasteiger partial charge in [0.25, 0.3) is 15.9 Å². The molecule has 30 heavy (non-hydrogen) atoms. The standard InChI is InChI=1S/C20H17ClN2O5S2/c1-29(25,26)18-12-8-16(9-13-18)22-20(24)14-2-6-17(7-3-14)23-30(27,28)19-10-4-15(21)5-11-19/h2-13,23H,1H3,(H,22,24). The minimum atomic E-state index is -3.79. The normalized spacial score (nSPS) is 11.7. The Labute approximate surface area is 179 Å². The predicted octanol–water partition coefficient (Wildman–Crippen LogP) is 3.80. The first-order valence-electron chi connectivity index (χ1n) is 8.54. The molecule has 3 aromatic rings. The fraction of sp³-hybridized carbons (Fsp3) is 0.0500. The molecule has 0 aliphatic carbocycles. The minimum absolute atomic E-state index is 0.0614. The molecule has 0 saturated heterocycles. The lowest BCUT2D eigenvalue weighted by Gasteiger charge is -2.10. The number of halogens is 1. The fourth-order valence-corrected chi connectivity index (χ4v) is 4.32. The molecule has 0 aromatic heterocycles. The molecule has 0 heterocycles. The summed E-state index contributed by atoms with van der Waals surface area (Å²) in [6.07, 6.45) is 1.10. The molecule has 0 unspecified atom stereocenters. The van der Waals surface area contributed by atoms with Gasteiger partial charge in [0.15, 0.2) is 9.84 Å². The van der Waals surface area contributed by atoms with Gasteiger partial charge in [0.1, 0.15) is 0 Å². The zero-order valence-electron chi connectivity index (χ0n) is 15.7. The second kappa shape index (κ2) is 8.47. The highest BCUT2D eigenvalue weighted by molar-refractivity contribution is 7.92. The lowest BCUT2D eigenvalue weighted by molar-refractivity contribution is 0.102. The summed E-state index contributed by atoms with van der Waals surface area (Å²) in [5.74, 6) is -0.422. The van der Waals surface area contributed by atoms with Crippen molar-refractivity contribution in [3.05, 3.63) is 83.4 Å². The van der Waals surface area contributed by atoms with Crippen LogP contribution < -0.4 is 10.0 Å². The van der Waals surface area contributed by atoms with Crippen molar-refractivity contribution < 1.29 is 21.6 Å². The summed E-state index contributed by atoms with van der Waals surface area (Å²) in [7, 11) is -7.10. The molecule has 0 aliphatic rings. The first-order chi connectivity index (χ1) is 14.0. The molecule has 3 aromatic carbocycles. The summed E-state index contributed by atoms with van der Waals surface area (Å²) in [5, 5.41) is 3.08. The van der Waals surface area contributed by atoms with Crippen molar-refractivity contribution >= 4 is 48.7 Å². The van der Waals surface area contributed by atoms with E-state index in [1.807, 2.05) is 0 Å². The number of anilines is 2. The van der Waals surface area contributed by atoms with Gasteiger partial charge in [-0.25, -0.2) is 16.8 Å². The van der Waals surface area contributed by atoms with Crippen LogP contribution in [0.3, 0.4) is 0 Å². The number of sulfone groups is 1. The summed E-state index contributed by atoms with van der Waals surface area (Å²) < 4.78 is 50.2. The van der Waals surface area contributed by atoms with Crippen LogP contribution in [-0.4, -0.2) is 29.0 Å². The van der Waals surface area contributed by atoms with Gasteiger partial charge in [-0.05, 0) is 72.8 Å². The van der Waals surface area contributed by atoms with E-state index in [1.54, 1.807) is 0 Å². The molecular weight excluding hydrogens is 448 g/mol. The Kier molecular flexibility index (Phi) is 6.16. The van der Waals surface area contributed by atoms with E-state index < -0.39 is 25.8 Å². The number of benzene rings is 3. The van der Waals surface area contributed by atoms with Crippen LogP contribution in [0, 0.1) is 0 Å². The Balaban J connectivity index is 1.69. The SMILES string of the molecule is CS(=O)(=O)c1ccc(NC(=O)c2ccc(NS(=O)(=O)c3ccc(Cl)cc3)cc2)cc1. The van der Waals surface area contributed by atoms with E-state index in [9.17, 15) is 21.6 Å². The average Bonchev–Trinajstić information content (AvgIpc) is 2.68. The molecule has 0 radical (unpaired) electrons. The lowest BCUT2D eigenvalue weighted by Crippen LogP contribution is -2.14. The van der Waals surface area contributed by atoms with Crippen LogP contribution >= 0.6 is 11.6 Å². The number of nitrogens with one attached hydrogen (secondary N) is 2. The molecule has 7 nitrogen and oxygen atoms in total. The third-order valence-corrected chi connectivity index (χ3v) is 6.84. The average molecular weight is 465 g/mol. The summed E-state index contributed by atoms with van der Waals surface area (Å²) in [6.45, 7) is 0. The third-order valence-electron chi connectivity index (χ3n) is 4.06. The van der Waals surface area contributed by atoms with Gasteiger partial charge in [-0.3, -0.25) is 9.52 Å². The molecule has 0 fully saturated rings. The Bertz CT molecular complexity index is 1270. The maximum absolute atomic E-state index is 12.4. The lowest BCUT2D eigenvalue weighted by atomic mass is 10.2. The van der Waals surface area contributed by atoms with Gasteiger partial charge in [0.2, 0.25) is 0 Å². The van der Waals surface area contributed by atoms with Gasteiger partial charge in [0, 0.05) is 28.2 Å². The minimum Gasteiger partial charge on any atom is -0.322 e. The number of rotatable bonds is 6. The van der Waals surface area contributed by atoms with Gasteiger partial charge in [0.05, 0.1) is 9.79 Å². The highest BCUT2D eigenvalue weighted by atomic mass is 35.5. The van der Waals surface area contributed by atoms with Crippen LogP contribution in [0.15, 0.2) is 82.6 Å². The molecule has 3 rings (SSSR count). The van der Waals surface area contributed by atoms with E-state index in [2.05, 4.69) is 10.0 Å². The number of amides is 1. The van der Waals surface area contributed by atoms with Crippen molar-refractivity contribution in [2.75, 3.05) is 16.3 Å². The number of hydrogen-bond donors (Lipinski definition) is 2. The van der Waals surface area contributed by atoms with E-state index in [-0.39, 0.29) is 9.79 Å². The number of carbonyl (C=O) groups is 1. The maximum Gasteiger partial charge on any atom is 0.261 e. The number of sulfonamides is 1. The highest BCUT2D eigenvalue weighted by Gasteiger charge is 2.15. The molecular formula is C20H17ClN2O5S2. The van der Waals surface area contributed by atoms with E-state index in [0.717, 1.165) is 6.26 Å². The van der Waals surface area contributed by atoms with Crippen LogP contribution in [-0.2, 0) is 19.9 Å². The summed E-state index contributed by atoms with van der Waals surface area (Å²) in [4.78, 5) is 12.6. The first-order valence-corrected chi connectivity index (χ1v) is 12.3. The predicted molar refractivity (Wildman–Crippen MR) is 116 cm³/mol. The van der Waals surface area contributed by atoms with Gasteiger partial charge in [-0.15, -0.1) is 0 Å². The van der Waals surface area contributed by atoms with Crippen molar-refractivity contribution in [3.8, 4) is 0 Å². The molecule has 156 valence electrons. The van der Waals surface area contributed by atoms with Crippen LogP contribution in [0.25, 0.3) is 0 Å². The molecule has 2 N–H and O–H groups in total. The van der Waals surface area contributed by atoms with E-state index in [4.69, 9.17) is 11.6 Å². The Morgan fingerprint density at radius 2 is 1.23 bits per heavy atom. The second-order valence-corrected chi connectivity index (χ2v) is 10.5. The van der Waals surface area contributed by atoms with Gasteiger partial charge >= 0.3 is 0 Å². The Morgan fingerprint density at radius 3 is 1.77 bits per heavy atom. The fourth-order valence-electron chi connectivity index (χ4n) is 2.51. The maximum atomic E-state index is 12.4. The zero-order chi connectivity index (χ0) is 21.9. The first kappa shape index (κ1) is 21.8. The largest absolute Gasteiger partial charge is 0.322 e. The molecule has 0 aliphatic heterocycles. The second-order valence-electron chi connectivity index (χ2n) is 6.39. The van der Waals surface area contributed by atoms with Crippen molar-refractivity contribution in [3.63, 3.8) is 0 Å².